The van der Waals surface area contributed by atoms with E-state index in [0.717, 1.165) is 48.0 Å². The standard InChI is InChI=1S/C18H20N4O/c19-18-9-17(21-13-2-3-14(23)8-13)15-4-1-11(7-16(15)22-18)12-5-6-20-10-12/h1,4-7,9,13-14,23H,2-3,8,10H2,(H3,19,21,22)/t13-,14-/m1/s1. The molecular formula is C18H20N4O. The average molecular weight is 308 g/mol. The number of hydrogen-bond donors (Lipinski definition) is 3. The first-order valence-electron chi connectivity index (χ1n) is 8.03. The number of aliphatic imine (C=N–C) groups is 1. The average Bonchev–Trinajstić information content (AvgIpc) is 3.18. The molecule has 1 aliphatic heterocycles. The highest BCUT2D eigenvalue weighted by Gasteiger charge is 2.23. The summed E-state index contributed by atoms with van der Waals surface area (Å²) >= 11 is 0. The number of rotatable bonds is 3. The molecule has 5 nitrogen and oxygen atoms in total. The highest BCUT2D eigenvalue weighted by Crippen LogP contribution is 2.31. The Morgan fingerprint density at radius 2 is 2.13 bits per heavy atom. The first kappa shape index (κ1) is 14.2. The predicted octanol–water partition coefficient (Wildman–Crippen LogP) is 2.61. The minimum Gasteiger partial charge on any atom is -0.393 e. The first-order valence-corrected chi connectivity index (χ1v) is 8.03. The molecule has 2 aliphatic rings. The molecule has 0 saturated heterocycles. The number of pyridine rings is 1. The molecule has 4 rings (SSSR count). The van der Waals surface area contributed by atoms with Crippen molar-refractivity contribution >= 4 is 34.2 Å². The second kappa shape index (κ2) is 5.66. The number of aliphatic hydroxyl groups excluding tert-OH is 1. The summed E-state index contributed by atoms with van der Waals surface area (Å²) in [5.74, 6) is 0.507. The van der Waals surface area contributed by atoms with Gasteiger partial charge >= 0.3 is 0 Å². The van der Waals surface area contributed by atoms with E-state index < -0.39 is 0 Å². The zero-order chi connectivity index (χ0) is 15.8. The van der Waals surface area contributed by atoms with Crippen molar-refractivity contribution in [3.8, 4) is 0 Å². The van der Waals surface area contributed by atoms with E-state index in [1.165, 1.54) is 5.57 Å². The summed E-state index contributed by atoms with van der Waals surface area (Å²) in [5.41, 5.74) is 10.2. The van der Waals surface area contributed by atoms with Gasteiger partial charge in [-0.25, -0.2) is 4.98 Å². The van der Waals surface area contributed by atoms with Gasteiger partial charge in [0.05, 0.1) is 18.2 Å². The van der Waals surface area contributed by atoms with E-state index in [2.05, 4.69) is 33.5 Å². The van der Waals surface area contributed by atoms with Crippen molar-refractivity contribution in [2.24, 2.45) is 4.99 Å². The third-order valence-electron chi connectivity index (χ3n) is 4.61. The Morgan fingerprint density at radius 1 is 1.22 bits per heavy atom. The van der Waals surface area contributed by atoms with Crippen molar-refractivity contribution in [2.45, 2.75) is 31.4 Å². The second-order valence-corrected chi connectivity index (χ2v) is 6.32. The van der Waals surface area contributed by atoms with E-state index in [0.29, 0.717) is 11.9 Å². The van der Waals surface area contributed by atoms with Gasteiger partial charge in [-0.15, -0.1) is 0 Å². The number of fused-ring (bicyclic) bond motifs is 1. The van der Waals surface area contributed by atoms with Gasteiger partial charge < -0.3 is 16.2 Å². The van der Waals surface area contributed by atoms with Crippen LogP contribution in [0.15, 0.2) is 35.3 Å². The topological polar surface area (TPSA) is 83.5 Å². The Labute approximate surface area is 134 Å². The number of allylic oxidation sites excluding steroid dienone is 1. The lowest BCUT2D eigenvalue weighted by Crippen LogP contribution is -2.17. The Hall–Kier alpha value is -2.40. The maximum atomic E-state index is 9.71. The molecule has 4 N–H and O–H groups in total. The van der Waals surface area contributed by atoms with Crippen molar-refractivity contribution in [3.63, 3.8) is 0 Å². The van der Waals surface area contributed by atoms with Gasteiger partial charge in [0.1, 0.15) is 5.82 Å². The number of hydrogen-bond acceptors (Lipinski definition) is 5. The summed E-state index contributed by atoms with van der Waals surface area (Å²) in [6.07, 6.45) is 6.30. The summed E-state index contributed by atoms with van der Waals surface area (Å²) in [5, 5.41) is 14.3. The van der Waals surface area contributed by atoms with Gasteiger partial charge in [0.25, 0.3) is 0 Å². The highest BCUT2D eigenvalue weighted by atomic mass is 16.3. The molecular weight excluding hydrogens is 288 g/mol. The number of nitrogen functional groups attached to an aromatic ring is 1. The van der Waals surface area contributed by atoms with Gasteiger partial charge in [-0.05, 0) is 42.5 Å². The first-order chi connectivity index (χ1) is 11.2. The van der Waals surface area contributed by atoms with Crippen LogP contribution in [0.2, 0.25) is 0 Å². The van der Waals surface area contributed by atoms with Crippen LogP contribution in [0, 0.1) is 0 Å². The van der Waals surface area contributed by atoms with E-state index in [1.54, 1.807) is 0 Å². The van der Waals surface area contributed by atoms with Crippen LogP contribution in [0.3, 0.4) is 0 Å². The number of benzene rings is 1. The molecule has 2 atom stereocenters. The Balaban J connectivity index is 1.70. The third kappa shape index (κ3) is 2.80. The maximum Gasteiger partial charge on any atom is 0.126 e. The molecule has 5 heteroatoms. The van der Waals surface area contributed by atoms with Crippen molar-refractivity contribution < 1.29 is 5.11 Å². The SMILES string of the molecule is Nc1cc(N[C@@H]2CC[C@@H](O)C2)c2ccc(C3=CC=NC3)cc2n1. The Bertz CT molecular complexity index is 812. The van der Waals surface area contributed by atoms with Crippen LogP contribution in [0.5, 0.6) is 0 Å². The van der Waals surface area contributed by atoms with E-state index in [9.17, 15) is 5.11 Å². The third-order valence-corrected chi connectivity index (χ3v) is 4.61. The van der Waals surface area contributed by atoms with E-state index in [1.807, 2.05) is 18.4 Å². The largest absolute Gasteiger partial charge is 0.393 e. The lowest BCUT2D eigenvalue weighted by Gasteiger charge is -2.16. The zero-order valence-corrected chi connectivity index (χ0v) is 12.9. The molecule has 0 radical (unpaired) electrons. The molecule has 118 valence electrons. The molecule has 1 aromatic heterocycles. The Morgan fingerprint density at radius 3 is 2.87 bits per heavy atom. The van der Waals surface area contributed by atoms with E-state index in [-0.39, 0.29) is 6.10 Å². The zero-order valence-electron chi connectivity index (χ0n) is 12.9. The number of aromatic nitrogens is 1. The minimum atomic E-state index is -0.196. The lowest BCUT2D eigenvalue weighted by atomic mass is 10.0. The molecule has 23 heavy (non-hydrogen) atoms. The molecule has 2 aromatic rings. The fourth-order valence-electron chi connectivity index (χ4n) is 3.41. The minimum absolute atomic E-state index is 0.196. The maximum absolute atomic E-state index is 9.71. The number of nitrogens with two attached hydrogens (primary N) is 1. The van der Waals surface area contributed by atoms with Crippen LogP contribution in [-0.4, -0.2) is 35.0 Å². The highest BCUT2D eigenvalue weighted by molar-refractivity contribution is 5.97. The number of aliphatic hydroxyl groups is 1. The molecule has 1 saturated carbocycles. The van der Waals surface area contributed by atoms with Crippen LogP contribution in [-0.2, 0) is 0 Å². The van der Waals surface area contributed by atoms with Gasteiger partial charge in [-0.3, -0.25) is 4.99 Å². The number of nitrogens with zero attached hydrogens (tertiary/aromatic N) is 2. The molecule has 1 fully saturated rings. The van der Waals surface area contributed by atoms with Gasteiger partial charge in [0, 0.05) is 29.4 Å². The monoisotopic (exact) mass is 308 g/mol. The normalized spacial score (nSPS) is 23.4. The second-order valence-electron chi connectivity index (χ2n) is 6.32. The van der Waals surface area contributed by atoms with Crippen molar-refractivity contribution in [3.05, 3.63) is 35.9 Å². The van der Waals surface area contributed by atoms with Gasteiger partial charge in [0.15, 0.2) is 0 Å². The van der Waals surface area contributed by atoms with Crippen LogP contribution in [0.4, 0.5) is 11.5 Å². The van der Waals surface area contributed by atoms with Crippen LogP contribution < -0.4 is 11.1 Å². The summed E-state index contributed by atoms with van der Waals surface area (Å²) in [4.78, 5) is 8.71. The van der Waals surface area contributed by atoms with E-state index in [4.69, 9.17) is 5.73 Å². The molecule has 2 heterocycles. The lowest BCUT2D eigenvalue weighted by molar-refractivity contribution is 0.182. The molecule has 0 bridgehead atoms. The molecule has 1 aromatic carbocycles. The quantitative estimate of drug-likeness (QED) is 0.814. The Kier molecular flexibility index (Phi) is 3.50. The number of nitrogens with one attached hydrogen (secondary N) is 1. The van der Waals surface area contributed by atoms with Crippen LogP contribution in [0.25, 0.3) is 16.5 Å². The van der Waals surface area contributed by atoms with Crippen LogP contribution >= 0.6 is 0 Å². The molecule has 0 amide bonds. The van der Waals surface area contributed by atoms with Crippen molar-refractivity contribution in [1.29, 1.82) is 0 Å². The predicted molar refractivity (Wildman–Crippen MR) is 94.8 cm³/mol. The fraction of sp³-hybridized carbons (Fsp3) is 0.333. The van der Waals surface area contributed by atoms with Crippen molar-refractivity contribution in [1.82, 2.24) is 4.98 Å². The molecule has 0 spiro atoms. The van der Waals surface area contributed by atoms with Crippen LogP contribution in [0.1, 0.15) is 24.8 Å². The van der Waals surface area contributed by atoms with Gasteiger partial charge in [0.2, 0.25) is 0 Å². The van der Waals surface area contributed by atoms with Crippen molar-refractivity contribution in [2.75, 3.05) is 17.6 Å². The molecule has 0 unspecified atom stereocenters. The van der Waals surface area contributed by atoms with Gasteiger partial charge in [-0.1, -0.05) is 12.1 Å². The summed E-state index contributed by atoms with van der Waals surface area (Å²) in [6, 6.07) is 8.44. The van der Waals surface area contributed by atoms with Gasteiger partial charge in [-0.2, -0.15) is 0 Å². The fourth-order valence-corrected chi connectivity index (χ4v) is 3.41. The van der Waals surface area contributed by atoms with E-state index >= 15 is 0 Å². The summed E-state index contributed by atoms with van der Waals surface area (Å²) in [6.45, 7) is 0.721. The summed E-state index contributed by atoms with van der Waals surface area (Å²) < 4.78 is 0. The smallest absolute Gasteiger partial charge is 0.126 e. The summed E-state index contributed by atoms with van der Waals surface area (Å²) in [7, 11) is 0. The molecule has 1 aliphatic carbocycles. The number of anilines is 2.